The molecule has 0 saturated carbocycles. The first-order chi connectivity index (χ1) is 10.6. The van der Waals surface area contributed by atoms with Crippen molar-refractivity contribution in [3.63, 3.8) is 0 Å². The van der Waals surface area contributed by atoms with Crippen LogP contribution in [0.15, 0.2) is 0 Å². The van der Waals surface area contributed by atoms with Crippen LogP contribution in [0.3, 0.4) is 0 Å². The zero-order valence-corrected chi connectivity index (χ0v) is 23.2. The van der Waals surface area contributed by atoms with Crippen LogP contribution in [0.4, 0.5) is 0 Å². The molecule has 0 spiro atoms. The van der Waals surface area contributed by atoms with Crippen LogP contribution in [-0.4, -0.2) is 59.9 Å². The maximum absolute atomic E-state index is 6.40. The Hall–Kier alpha value is 1.06. The van der Waals surface area contributed by atoms with Gasteiger partial charge in [0.1, 0.15) is 0 Å². The van der Waals surface area contributed by atoms with Crippen molar-refractivity contribution >= 4 is 53.3 Å². The summed E-state index contributed by atoms with van der Waals surface area (Å²) < 4.78 is 36.2. The summed E-state index contributed by atoms with van der Waals surface area (Å²) in [7, 11) is -9.96. The van der Waals surface area contributed by atoms with Crippen molar-refractivity contribution in [2.24, 2.45) is 0 Å². The highest BCUT2D eigenvalue weighted by Gasteiger charge is 2.44. The monoisotopic (exact) mass is 443 g/mol. The molecule has 0 saturated heterocycles. The van der Waals surface area contributed by atoms with Crippen LogP contribution >= 0.6 is 0 Å². The number of hydrogen-bond donors (Lipinski definition) is 0. The Morgan fingerprint density at radius 3 is 1.54 bits per heavy atom. The quantitative estimate of drug-likeness (QED) is 0.338. The summed E-state index contributed by atoms with van der Waals surface area (Å²) in [6, 6.07) is 0. The van der Waals surface area contributed by atoms with Gasteiger partial charge in [0.05, 0.1) is 0 Å². The van der Waals surface area contributed by atoms with Gasteiger partial charge in [-0.25, -0.2) is 0 Å². The van der Waals surface area contributed by atoms with Crippen LogP contribution in [0.25, 0.3) is 0 Å². The second-order valence-corrected chi connectivity index (χ2v) is 25.1. The third-order valence-corrected chi connectivity index (χ3v) is 20.5. The van der Waals surface area contributed by atoms with E-state index in [1.165, 1.54) is 0 Å². The molecule has 0 atom stereocenters. The predicted molar refractivity (Wildman–Crippen MR) is 110 cm³/mol. The van der Waals surface area contributed by atoms with Crippen LogP contribution < -0.4 is 0 Å². The Kier molecular flexibility index (Phi) is 10.3. The third-order valence-electron chi connectivity index (χ3n) is 2.42. The average Bonchev–Trinajstić information content (AvgIpc) is 2.20. The second kappa shape index (κ2) is 9.84. The lowest BCUT2D eigenvalue weighted by molar-refractivity contribution is 0.261. The Morgan fingerprint density at radius 2 is 1.12 bits per heavy atom. The SMILES string of the molecule is CCO[Si]O[Si](C)(C)O[Si](C)(C)O[Si](C)(C)O[Si](C)(C)O[Si](C)C. The van der Waals surface area contributed by atoms with Crippen molar-refractivity contribution in [3.8, 4) is 0 Å². The first-order valence-corrected chi connectivity index (χ1v) is 22.7. The van der Waals surface area contributed by atoms with E-state index in [0.29, 0.717) is 6.61 Å². The topological polar surface area (TPSA) is 55.4 Å². The Bertz CT molecular complexity index is 377. The normalized spacial score (nSPS) is 14.5. The number of rotatable bonds is 12. The highest BCUT2D eigenvalue weighted by atomic mass is 28.5. The fraction of sp³-hybridized carbons (Fsp3) is 1.00. The summed E-state index contributed by atoms with van der Waals surface area (Å²) in [5, 5.41) is 0. The van der Waals surface area contributed by atoms with Gasteiger partial charge in [0.2, 0.25) is 0 Å². The lowest BCUT2D eigenvalue weighted by Gasteiger charge is -2.40. The van der Waals surface area contributed by atoms with Crippen molar-refractivity contribution in [1.82, 2.24) is 0 Å². The number of hydrogen-bond acceptors (Lipinski definition) is 6. The van der Waals surface area contributed by atoms with Crippen LogP contribution in [-0.2, 0) is 25.0 Å². The summed E-state index contributed by atoms with van der Waals surface area (Å²) in [5.74, 6) is 0. The molecule has 0 heterocycles. The maximum Gasteiger partial charge on any atom is 0.423 e. The van der Waals surface area contributed by atoms with Crippen LogP contribution in [0, 0.1) is 0 Å². The molecule has 12 heteroatoms. The van der Waals surface area contributed by atoms with Crippen LogP contribution in [0.1, 0.15) is 6.92 Å². The standard InChI is InChI=1S/C12H35O6Si6/c1-12-13-19-14-21(4,5)16-23(8,9)18-24(10,11)17-22(6,7)15-20(2)3/h12H2,1-11H3. The van der Waals surface area contributed by atoms with Crippen LogP contribution in [0.2, 0.25) is 65.5 Å². The van der Waals surface area contributed by atoms with Gasteiger partial charge < -0.3 is 25.0 Å². The zero-order chi connectivity index (χ0) is 19.2. The van der Waals surface area contributed by atoms with Gasteiger partial charge in [0.15, 0.2) is 9.04 Å². The van der Waals surface area contributed by atoms with E-state index in [2.05, 4.69) is 52.4 Å². The molecule has 0 bridgehead atoms. The maximum atomic E-state index is 6.40. The van der Waals surface area contributed by atoms with E-state index in [9.17, 15) is 0 Å². The lowest BCUT2D eigenvalue weighted by atomic mass is 10.9. The van der Waals surface area contributed by atoms with Crippen molar-refractivity contribution in [1.29, 1.82) is 0 Å². The van der Waals surface area contributed by atoms with E-state index in [-0.39, 0.29) is 10.0 Å². The van der Waals surface area contributed by atoms with Gasteiger partial charge in [0, 0.05) is 6.61 Å². The van der Waals surface area contributed by atoms with E-state index in [1.807, 2.05) is 20.0 Å². The molecule has 0 aromatic heterocycles. The van der Waals surface area contributed by atoms with E-state index in [4.69, 9.17) is 25.0 Å². The lowest BCUT2D eigenvalue weighted by Crippen LogP contribution is -2.58. The molecule has 3 radical (unpaired) electrons. The fourth-order valence-corrected chi connectivity index (χ4v) is 24.0. The fourth-order valence-electron chi connectivity index (χ4n) is 2.54. The summed E-state index contributed by atoms with van der Waals surface area (Å²) in [4.78, 5) is 0. The van der Waals surface area contributed by atoms with Gasteiger partial charge in [-0.15, -0.1) is 0 Å². The molecule has 0 amide bonds. The van der Waals surface area contributed by atoms with Crippen LogP contribution in [0.5, 0.6) is 0 Å². The third kappa shape index (κ3) is 12.4. The molecule has 0 fully saturated rings. The molecule has 0 unspecified atom stereocenters. The Labute approximate surface area is 157 Å². The minimum Gasteiger partial charge on any atom is -0.437 e. The van der Waals surface area contributed by atoms with Crippen molar-refractivity contribution in [3.05, 3.63) is 0 Å². The molecule has 0 aromatic carbocycles. The minimum atomic E-state index is -2.38. The molecule has 24 heavy (non-hydrogen) atoms. The molecule has 6 nitrogen and oxygen atoms in total. The Balaban J connectivity index is 4.75. The van der Waals surface area contributed by atoms with Gasteiger partial charge in [-0.05, 0) is 72.4 Å². The van der Waals surface area contributed by atoms with Crippen molar-refractivity contribution in [2.75, 3.05) is 6.61 Å². The van der Waals surface area contributed by atoms with Crippen molar-refractivity contribution in [2.45, 2.75) is 72.4 Å². The summed E-state index contributed by atoms with van der Waals surface area (Å²) in [6.07, 6.45) is 0. The average molecular weight is 444 g/mol. The first-order valence-electron chi connectivity index (χ1n) is 8.24. The van der Waals surface area contributed by atoms with E-state index >= 15 is 0 Å². The molecule has 0 rings (SSSR count). The zero-order valence-electron chi connectivity index (χ0n) is 17.2. The molecular formula is C12H35O6Si6. The van der Waals surface area contributed by atoms with E-state index in [1.54, 1.807) is 0 Å². The summed E-state index contributed by atoms with van der Waals surface area (Å²) in [5.41, 5.74) is 0. The molecule has 0 aliphatic heterocycles. The Morgan fingerprint density at radius 1 is 0.708 bits per heavy atom. The van der Waals surface area contributed by atoms with E-state index in [0.717, 1.165) is 0 Å². The molecule has 0 aliphatic carbocycles. The van der Waals surface area contributed by atoms with Gasteiger partial charge in [-0.3, -0.25) is 0 Å². The molecule has 143 valence electrons. The van der Waals surface area contributed by atoms with Crippen molar-refractivity contribution < 1.29 is 25.0 Å². The van der Waals surface area contributed by atoms with Gasteiger partial charge in [0.25, 0.3) is 0 Å². The second-order valence-electron chi connectivity index (χ2n) is 7.53. The van der Waals surface area contributed by atoms with Gasteiger partial charge in [-0.2, -0.15) is 0 Å². The molecule has 0 N–H and O–H groups in total. The summed E-state index contributed by atoms with van der Waals surface area (Å²) in [6.45, 7) is 23.3. The highest BCUT2D eigenvalue weighted by Crippen LogP contribution is 2.24. The summed E-state index contributed by atoms with van der Waals surface area (Å²) >= 11 is 0. The van der Waals surface area contributed by atoms with Gasteiger partial charge in [-0.1, -0.05) is 0 Å². The molecule has 0 aromatic rings. The van der Waals surface area contributed by atoms with Gasteiger partial charge >= 0.3 is 44.3 Å². The van der Waals surface area contributed by atoms with E-state index < -0.39 is 43.3 Å². The smallest absolute Gasteiger partial charge is 0.423 e. The molecular weight excluding hydrogens is 409 g/mol. The largest absolute Gasteiger partial charge is 0.437 e. The molecule has 0 aliphatic rings. The predicted octanol–water partition coefficient (Wildman–Crippen LogP) is 3.70. The highest BCUT2D eigenvalue weighted by molar-refractivity contribution is 6.88. The first kappa shape index (κ1) is 25.1. The minimum absolute atomic E-state index is 0.0195.